The van der Waals surface area contributed by atoms with E-state index in [0.29, 0.717) is 28.3 Å². The van der Waals surface area contributed by atoms with Crippen molar-refractivity contribution in [1.29, 1.82) is 0 Å². The van der Waals surface area contributed by atoms with Gasteiger partial charge in [0, 0.05) is 36.7 Å². The molecule has 0 spiro atoms. The Bertz CT molecular complexity index is 1450. The van der Waals surface area contributed by atoms with Crippen molar-refractivity contribution in [3.63, 3.8) is 0 Å². The second-order valence-corrected chi connectivity index (χ2v) is 9.42. The van der Waals surface area contributed by atoms with Crippen molar-refractivity contribution in [3.8, 4) is 11.1 Å². The van der Waals surface area contributed by atoms with Gasteiger partial charge in [0.25, 0.3) is 11.8 Å². The zero-order valence-corrected chi connectivity index (χ0v) is 23.5. The van der Waals surface area contributed by atoms with Crippen LogP contribution in [0, 0.1) is 6.92 Å². The molecule has 0 saturated carbocycles. The van der Waals surface area contributed by atoms with Crippen molar-refractivity contribution < 1.29 is 23.8 Å². The lowest BCUT2D eigenvalue weighted by molar-refractivity contribution is -0.116. The Morgan fingerprint density at radius 2 is 1.43 bits per heavy atom. The number of hydrogen-bond donors (Lipinski definition) is 3. The molecule has 1 aliphatic carbocycles. The average Bonchev–Trinajstić information content (AvgIpc) is 2.98. The van der Waals surface area contributed by atoms with Gasteiger partial charge in [-0.3, -0.25) is 14.9 Å². The fourth-order valence-electron chi connectivity index (χ4n) is 4.34. The van der Waals surface area contributed by atoms with Gasteiger partial charge in [-0.2, -0.15) is 0 Å². The summed E-state index contributed by atoms with van der Waals surface area (Å²) < 4.78 is 16.2. The fraction of sp³-hybridized carbons (Fsp3) is 0.194. The van der Waals surface area contributed by atoms with Crippen LogP contribution in [-0.2, 0) is 19.0 Å². The summed E-state index contributed by atoms with van der Waals surface area (Å²) in [6.07, 6.45) is 2.29. The molecule has 0 bridgehead atoms. The first kappa shape index (κ1) is 28.7. The summed E-state index contributed by atoms with van der Waals surface area (Å²) in [5, 5.41) is 8.78. The number of carbonyl (C=O) groups excluding carboxylic acids is 2. The first-order valence-electron chi connectivity index (χ1n) is 12.6. The summed E-state index contributed by atoms with van der Waals surface area (Å²) >= 11 is 5.40. The molecule has 40 heavy (non-hydrogen) atoms. The molecule has 0 aromatic heterocycles. The lowest BCUT2D eigenvalue weighted by atomic mass is 9.99. The molecule has 9 heteroatoms. The first-order valence-corrected chi connectivity index (χ1v) is 13.0. The minimum atomic E-state index is -0.496. The molecule has 2 atom stereocenters. The molecular formula is C31H31N3O5S. The highest BCUT2D eigenvalue weighted by atomic mass is 32.1. The maximum Gasteiger partial charge on any atom is 0.257 e. The summed E-state index contributed by atoms with van der Waals surface area (Å²) in [5.41, 5.74) is 5.00. The van der Waals surface area contributed by atoms with E-state index < -0.39 is 18.1 Å². The highest BCUT2D eigenvalue weighted by Crippen LogP contribution is 2.26. The minimum Gasteiger partial charge on any atom is -0.498 e. The van der Waals surface area contributed by atoms with Crippen LogP contribution in [0.1, 0.15) is 15.9 Å². The molecule has 4 rings (SSSR count). The second-order valence-electron chi connectivity index (χ2n) is 9.01. The molecular weight excluding hydrogens is 526 g/mol. The molecule has 3 aromatic rings. The number of carbonyl (C=O) groups is 2. The summed E-state index contributed by atoms with van der Waals surface area (Å²) in [6.45, 7) is 1.85. The monoisotopic (exact) mass is 557 g/mol. The van der Waals surface area contributed by atoms with E-state index in [1.54, 1.807) is 43.5 Å². The normalized spacial score (nSPS) is 16.3. The maximum atomic E-state index is 13.0. The third-order valence-corrected chi connectivity index (χ3v) is 6.76. The molecule has 2 amide bonds. The number of anilines is 2. The molecule has 3 N–H and O–H groups in total. The van der Waals surface area contributed by atoms with E-state index in [0.717, 1.165) is 16.7 Å². The molecule has 2 unspecified atom stereocenters. The van der Waals surface area contributed by atoms with Crippen LogP contribution in [0.2, 0.25) is 0 Å². The van der Waals surface area contributed by atoms with E-state index in [9.17, 15) is 9.59 Å². The Morgan fingerprint density at radius 3 is 2.05 bits per heavy atom. The quantitative estimate of drug-likeness (QED) is 0.327. The number of benzene rings is 3. The van der Waals surface area contributed by atoms with E-state index in [1.165, 1.54) is 14.2 Å². The van der Waals surface area contributed by atoms with Gasteiger partial charge in [0.1, 0.15) is 18.0 Å². The van der Waals surface area contributed by atoms with Crippen molar-refractivity contribution in [2.75, 3.05) is 32.0 Å². The Kier molecular flexibility index (Phi) is 9.44. The Balaban J connectivity index is 1.41. The Labute approximate surface area is 239 Å². The average molecular weight is 558 g/mol. The summed E-state index contributed by atoms with van der Waals surface area (Å²) in [4.78, 5) is 25.9. The van der Waals surface area contributed by atoms with Crippen LogP contribution in [0.4, 0.5) is 11.4 Å². The van der Waals surface area contributed by atoms with Crippen LogP contribution in [0.5, 0.6) is 0 Å². The lowest BCUT2D eigenvalue weighted by Gasteiger charge is -2.28. The number of rotatable bonds is 8. The number of ether oxygens (including phenoxy) is 3. The topological polar surface area (TPSA) is 97.9 Å². The second kappa shape index (κ2) is 13.2. The molecule has 0 heterocycles. The standard InChI is InChI=1S/C31H31N3O5S/c1-19-24(32-29(35)22-15-13-21(14-16-22)20-9-6-5-7-10-20)11-8-12-25(19)33-31(40)34-30(36)23-17-26(37-2)28(39-4)27(18-23)38-3/h5-18,26,28H,1-4H3,(H,32,35)(H2,33,34,36,40). The molecule has 206 valence electrons. The van der Waals surface area contributed by atoms with Gasteiger partial charge >= 0.3 is 0 Å². The van der Waals surface area contributed by atoms with Gasteiger partial charge < -0.3 is 24.8 Å². The summed E-state index contributed by atoms with van der Waals surface area (Å²) in [7, 11) is 4.58. The SMILES string of the molecule is COC1=CC(C(=O)NC(=S)Nc2cccc(NC(=O)c3ccc(-c4ccccc4)cc3)c2C)=CC(OC)C1OC. The smallest absolute Gasteiger partial charge is 0.257 e. The van der Waals surface area contributed by atoms with Crippen LogP contribution in [0.25, 0.3) is 11.1 Å². The maximum absolute atomic E-state index is 13.0. The van der Waals surface area contributed by atoms with Gasteiger partial charge in [-0.25, -0.2) is 0 Å². The Hall–Kier alpha value is -4.31. The van der Waals surface area contributed by atoms with E-state index >= 15 is 0 Å². The number of nitrogens with one attached hydrogen (secondary N) is 3. The minimum absolute atomic E-state index is 0.101. The Morgan fingerprint density at radius 1 is 0.775 bits per heavy atom. The fourth-order valence-corrected chi connectivity index (χ4v) is 4.55. The van der Waals surface area contributed by atoms with Crippen molar-refractivity contribution in [2.24, 2.45) is 0 Å². The first-order chi connectivity index (χ1) is 19.3. The van der Waals surface area contributed by atoms with Crippen molar-refractivity contribution in [2.45, 2.75) is 19.1 Å². The van der Waals surface area contributed by atoms with Gasteiger partial charge in [-0.15, -0.1) is 0 Å². The van der Waals surface area contributed by atoms with E-state index in [4.69, 9.17) is 26.4 Å². The van der Waals surface area contributed by atoms with Crippen LogP contribution in [0.15, 0.2) is 96.3 Å². The highest BCUT2D eigenvalue weighted by Gasteiger charge is 2.30. The van der Waals surface area contributed by atoms with E-state index in [-0.39, 0.29) is 11.0 Å². The molecule has 0 radical (unpaired) electrons. The van der Waals surface area contributed by atoms with Crippen LogP contribution >= 0.6 is 12.2 Å². The van der Waals surface area contributed by atoms with Crippen LogP contribution in [0.3, 0.4) is 0 Å². The van der Waals surface area contributed by atoms with Gasteiger partial charge in [-0.1, -0.05) is 48.5 Å². The molecule has 3 aromatic carbocycles. The predicted molar refractivity (Wildman–Crippen MR) is 160 cm³/mol. The number of amides is 2. The van der Waals surface area contributed by atoms with Crippen LogP contribution in [-0.4, -0.2) is 50.5 Å². The zero-order valence-electron chi connectivity index (χ0n) is 22.7. The van der Waals surface area contributed by atoms with Crippen molar-refractivity contribution in [3.05, 3.63) is 107 Å². The number of methoxy groups -OCH3 is 3. The van der Waals surface area contributed by atoms with Gasteiger partial charge in [-0.05, 0) is 72.2 Å². The lowest BCUT2D eigenvalue weighted by Crippen LogP contribution is -2.39. The van der Waals surface area contributed by atoms with Gasteiger partial charge in [0.2, 0.25) is 0 Å². The highest BCUT2D eigenvalue weighted by molar-refractivity contribution is 7.80. The van der Waals surface area contributed by atoms with Crippen LogP contribution < -0.4 is 16.0 Å². The third kappa shape index (κ3) is 6.63. The molecule has 0 fully saturated rings. The zero-order chi connectivity index (χ0) is 28.6. The number of hydrogen-bond acceptors (Lipinski definition) is 6. The summed E-state index contributed by atoms with van der Waals surface area (Å²) in [5.74, 6) is -0.192. The number of thiocarbonyl (C=S) groups is 1. The van der Waals surface area contributed by atoms with Crippen molar-refractivity contribution in [1.82, 2.24) is 5.32 Å². The van der Waals surface area contributed by atoms with Crippen molar-refractivity contribution >= 4 is 40.5 Å². The summed E-state index contributed by atoms with van der Waals surface area (Å²) in [6, 6.07) is 22.8. The molecule has 1 aliphatic rings. The molecule has 8 nitrogen and oxygen atoms in total. The molecule has 0 saturated heterocycles. The largest absolute Gasteiger partial charge is 0.498 e. The van der Waals surface area contributed by atoms with Gasteiger partial charge in [0.05, 0.1) is 7.11 Å². The molecule has 0 aliphatic heterocycles. The van der Waals surface area contributed by atoms with Gasteiger partial charge in [0.15, 0.2) is 5.11 Å². The predicted octanol–water partition coefficient (Wildman–Crippen LogP) is 5.23. The van der Waals surface area contributed by atoms with E-state index in [2.05, 4.69) is 16.0 Å². The van der Waals surface area contributed by atoms with E-state index in [1.807, 2.05) is 55.5 Å². The third-order valence-electron chi connectivity index (χ3n) is 6.56.